The molecule has 0 fully saturated rings. The second-order valence-electron chi connectivity index (χ2n) is 7.23. The van der Waals surface area contributed by atoms with E-state index in [2.05, 4.69) is 57.0 Å². The molecule has 0 heterocycles. The largest absolute Gasteiger partial charge is 0.478 e. The molecule has 3 nitrogen and oxygen atoms in total. The smallest absolute Gasteiger partial charge is 0.337 e. The molecule has 1 atom stereocenters. The first-order valence-corrected chi connectivity index (χ1v) is 8.23. The van der Waals surface area contributed by atoms with Gasteiger partial charge in [0.15, 0.2) is 0 Å². The summed E-state index contributed by atoms with van der Waals surface area (Å²) in [5.74, 6) is -0.722. The third kappa shape index (κ3) is 4.79. The summed E-state index contributed by atoms with van der Waals surface area (Å²) in [5.41, 5.74) is 3.47. The van der Waals surface area contributed by atoms with Crippen LogP contribution in [-0.4, -0.2) is 17.3 Å². The van der Waals surface area contributed by atoms with Crippen LogP contribution in [0.15, 0.2) is 53.5 Å². The summed E-state index contributed by atoms with van der Waals surface area (Å²) in [5, 5.41) is 9.18. The molecule has 0 bridgehead atoms. The summed E-state index contributed by atoms with van der Waals surface area (Å²) in [4.78, 5) is 15.6. The van der Waals surface area contributed by atoms with Gasteiger partial charge < -0.3 is 5.11 Å². The maximum absolute atomic E-state index is 11.2. The average Bonchev–Trinajstić information content (AvgIpc) is 2.53. The molecule has 0 aliphatic rings. The fourth-order valence-electron chi connectivity index (χ4n) is 2.54. The Morgan fingerprint density at radius 2 is 1.75 bits per heavy atom. The molecule has 0 aromatic heterocycles. The standard InChI is InChI=1S/C21H25NO2/c1-15(13-16-9-11-17(12-10-16)21(2,3)4)14-22-19-8-6-5-7-18(19)20(23)24/h5-12,14-15H,13H2,1-4H3,(H,23,24). The highest BCUT2D eigenvalue weighted by Crippen LogP contribution is 2.23. The van der Waals surface area contributed by atoms with Crippen molar-refractivity contribution in [2.24, 2.45) is 10.9 Å². The number of benzene rings is 2. The van der Waals surface area contributed by atoms with Gasteiger partial charge in [0, 0.05) is 6.21 Å². The summed E-state index contributed by atoms with van der Waals surface area (Å²) >= 11 is 0. The second-order valence-corrected chi connectivity index (χ2v) is 7.23. The molecule has 0 spiro atoms. The van der Waals surface area contributed by atoms with Gasteiger partial charge in [0.25, 0.3) is 0 Å². The quantitative estimate of drug-likeness (QED) is 0.763. The maximum atomic E-state index is 11.2. The van der Waals surface area contributed by atoms with E-state index < -0.39 is 5.97 Å². The van der Waals surface area contributed by atoms with Crippen molar-refractivity contribution in [1.29, 1.82) is 0 Å². The molecule has 0 saturated carbocycles. The van der Waals surface area contributed by atoms with Crippen LogP contribution in [0.25, 0.3) is 0 Å². The molecule has 1 N–H and O–H groups in total. The molecule has 2 aromatic carbocycles. The summed E-state index contributed by atoms with van der Waals surface area (Å²) in [6, 6.07) is 15.5. The Morgan fingerprint density at radius 1 is 1.12 bits per heavy atom. The fourth-order valence-corrected chi connectivity index (χ4v) is 2.54. The third-order valence-electron chi connectivity index (χ3n) is 3.98. The first-order valence-electron chi connectivity index (χ1n) is 8.23. The molecule has 126 valence electrons. The van der Waals surface area contributed by atoms with Gasteiger partial charge in [-0.1, -0.05) is 64.1 Å². The molecule has 1 unspecified atom stereocenters. The Morgan fingerprint density at radius 3 is 2.33 bits per heavy atom. The van der Waals surface area contributed by atoms with Crippen molar-refractivity contribution < 1.29 is 9.90 Å². The zero-order valence-electron chi connectivity index (χ0n) is 14.8. The van der Waals surface area contributed by atoms with E-state index in [0.29, 0.717) is 5.69 Å². The van der Waals surface area contributed by atoms with Gasteiger partial charge in [-0.05, 0) is 41.0 Å². The van der Waals surface area contributed by atoms with Crippen LogP contribution in [0.3, 0.4) is 0 Å². The van der Waals surface area contributed by atoms with Gasteiger partial charge in [0.1, 0.15) is 0 Å². The zero-order valence-corrected chi connectivity index (χ0v) is 14.8. The normalized spacial score (nSPS) is 13.2. The van der Waals surface area contributed by atoms with Crippen LogP contribution in [-0.2, 0) is 11.8 Å². The van der Waals surface area contributed by atoms with E-state index in [1.54, 1.807) is 24.3 Å². The number of carboxylic acids is 1. The Balaban J connectivity index is 2.06. The number of carboxylic acid groups (broad SMARTS) is 1. The van der Waals surface area contributed by atoms with Crippen molar-refractivity contribution in [1.82, 2.24) is 0 Å². The number of nitrogens with zero attached hydrogens (tertiary/aromatic N) is 1. The van der Waals surface area contributed by atoms with Gasteiger partial charge in [-0.15, -0.1) is 0 Å². The third-order valence-corrected chi connectivity index (χ3v) is 3.98. The van der Waals surface area contributed by atoms with E-state index in [1.807, 2.05) is 6.21 Å². The minimum atomic E-state index is -0.951. The van der Waals surface area contributed by atoms with E-state index in [-0.39, 0.29) is 16.9 Å². The number of rotatable bonds is 5. The molecular weight excluding hydrogens is 298 g/mol. The van der Waals surface area contributed by atoms with E-state index in [1.165, 1.54) is 11.1 Å². The predicted octanol–water partition coefficient (Wildman–Crippen LogP) is 5.26. The Kier molecular flexibility index (Phi) is 5.55. The number of aromatic carboxylic acids is 1. The van der Waals surface area contributed by atoms with Gasteiger partial charge >= 0.3 is 5.97 Å². The predicted molar refractivity (Wildman–Crippen MR) is 99.6 cm³/mol. The van der Waals surface area contributed by atoms with Crippen LogP contribution in [0.1, 0.15) is 49.2 Å². The van der Waals surface area contributed by atoms with Crippen LogP contribution in [0.4, 0.5) is 5.69 Å². The highest BCUT2D eigenvalue weighted by atomic mass is 16.4. The lowest BCUT2D eigenvalue weighted by molar-refractivity contribution is 0.0698. The molecule has 2 rings (SSSR count). The maximum Gasteiger partial charge on any atom is 0.337 e. The van der Waals surface area contributed by atoms with Crippen LogP contribution in [0, 0.1) is 5.92 Å². The summed E-state index contributed by atoms with van der Waals surface area (Å²) in [7, 11) is 0. The molecular formula is C21H25NO2. The number of para-hydroxylation sites is 1. The van der Waals surface area contributed by atoms with Gasteiger partial charge in [0.2, 0.25) is 0 Å². The van der Waals surface area contributed by atoms with Gasteiger partial charge in [0.05, 0.1) is 11.3 Å². The molecule has 3 heteroatoms. The lowest BCUT2D eigenvalue weighted by Crippen LogP contribution is -2.11. The monoisotopic (exact) mass is 323 g/mol. The van der Waals surface area contributed by atoms with E-state index in [9.17, 15) is 9.90 Å². The molecule has 0 radical (unpaired) electrons. The number of hydrogen-bond donors (Lipinski definition) is 1. The van der Waals surface area contributed by atoms with Crippen molar-refractivity contribution in [3.05, 3.63) is 65.2 Å². The molecule has 24 heavy (non-hydrogen) atoms. The first kappa shape index (κ1) is 17.9. The summed E-state index contributed by atoms with van der Waals surface area (Å²) < 4.78 is 0. The molecule has 0 saturated heterocycles. The van der Waals surface area contributed by atoms with Crippen LogP contribution >= 0.6 is 0 Å². The molecule has 0 amide bonds. The van der Waals surface area contributed by atoms with Crippen molar-refractivity contribution in [3.8, 4) is 0 Å². The minimum absolute atomic E-state index is 0.159. The van der Waals surface area contributed by atoms with E-state index in [0.717, 1.165) is 6.42 Å². The average molecular weight is 323 g/mol. The second kappa shape index (κ2) is 7.43. The number of carbonyl (C=O) groups is 1. The Hall–Kier alpha value is -2.42. The first-order chi connectivity index (χ1) is 11.3. The zero-order chi connectivity index (χ0) is 17.7. The van der Waals surface area contributed by atoms with Crippen molar-refractivity contribution >= 4 is 17.9 Å². The summed E-state index contributed by atoms with van der Waals surface area (Å²) in [6.07, 6.45) is 2.71. The minimum Gasteiger partial charge on any atom is -0.478 e. The van der Waals surface area contributed by atoms with Crippen molar-refractivity contribution in [2.75, 3.05) is 0 Å². The van der Waals surface area contributed by atoms with Crippen LogP contribution in [0.2, 0.25) is 0 Å². The number of aliphatic imine (C=N–C) groups is 1. The lowest BCUT2D eigenvalue weighted by atomic mass is 9.86. The highest BCUT2D eigenvalue weighted by Gasteiger charge is 2.13. The molecule has 0 aliphatic heterocycles. The highest BCUT2D eigenvalue weighted by molar-refractivity contribution is 5.94. The van der Waals surface area contributed by atoms with Crippen LogP contribution in [0.5, 0.6) is 0 Å². The molecule has 2 aromatic rings. The van der Waals surface area contributed by atoms with Crippen molar-refractivity contribution in [2.45, 2.75) is 39.5 Å². The Bertz CT molecular complexity index is 724. The van der Waals surface area contributed by atoms with Crippen molar-refractivity contribution in [3.63, 3.8) is 0 Å². The SMILES string of the molecule is CC(C=Nc1ccccc1C(=O)O)Cc1ccc(C(C)(C)C)cc1. The lowest BCUT2D eigenvalue weighted by Gasteiger charge is -2.19. The van der Waals surface area contributed by atoms with Crippen LogP contribution < -0.4 is 0 Å². The van der Waals surface area contributed by atoms with E-state index >= 15 is 0 Å². The van der Waals surface area contributed by atoms with Gasteiger partial charge in [-0.3, -0.25) is 4.99 Å². The Labute approximate surface area is 144 Å². The summed E-state index contributed by atoms with van der Waals surface area (Å²) in [6.45, 7) is 8.70. The topological polar surface area (TPSA) is 49.7 Å². The number of hydrogen-bond acceptors (Lipinski definition) is 2. The van der Waals surface area contributed by atoms with Gasteiger partial charge in [-0.2, -0.15) is 0 Å². The molecule has 0 aliphatic carbocycles. The van der Waals surface area contributed by atoms with Gasteiger partial charge in [-0.25, -0.2) is 4.79 Å². The fraction of sp³-hybridized carbons (Fsp3) is 0.333. The van der Waals surface area contributed by atoms with E-state index in [4.69, 9.17) is 0 Å².